The van der Waals surface area contributed by atoms with Crippen LogP contribution in [0.15, 0.2) is 53.9 Å². The predicted molar refractivity (Wildman–Crippen MR) is 97.4 cm³/mol. The molecule has 0 aliphatic carbocycles. The van der Waals surface area contributed by atoms with E-state index >= 15 is 0 Å². The Labute approximate surface area is 152 Å². The summed E-state index contributed by atoms with van der Waals surface area (Å²) in [6.45, 7) is 3.76. The summed E-state index contributed by atoms with van der Waals surface area (Å²) in [7, 11) is 0. The minimum absolute atomic E-state index is 0.0480. The first-order chi connectivity index (χ1) is 13.1. The number of aromatic nitrogens is 3. The van der Waals surface area contributed by atoms with Crippen LogP contribution in [0.4, 0.5) is 0 Å². The number of carboxylic acids is 1. The van der Waals surface area contributed by atoms with Crippen molar-refractivity contribution in [1.29, 1.82) is 0 Å². The summed E-state index contributed by atoms with van der Waals surface area (Å²) in [5.74, 6) is -1.01. The monoisotopic (exact) mass is 362 g/mol. The number of aromatic carboxylic acids is 1. The molecular formula is C19H14N4O4. The van der Waals surface area contributed by atoms with E-state index in [1.165, 1.54) is 16.8 Å². The van der Waals surface area contributed by atoms with E-state index < -0.39 is 5.97 Å². The van der Waals surface area contributed by atoms with Crippen LogP contribution in [0.2, 0.25) is 0 Å². The Morgan fingerprint density at radius 1 is 1.30 bits per heavy atom. The van der Waals surface area contributed by atoms with Gasteiger partial charge in [-0.25, -0.2) is 14.3 Å². The number of amides is 1. The zero-order chi connectivity index (χ0) is 19.0. The Morgan fingerprint density at radius 2 is 2.15 bits per heavy atom. The van der Waals surface area contributed by atoms with Crippen LogP contribution in [0.1, 0.15) is 32.0 Å². The quantitative estimate of drug-likeness (QED) is 0.565. The van der Waals surface area contributed by atoms with E-state index in [2.05, 4.69) is 22.0 Å². The molecule has 4 rings (SSSR count). The molecule has 0 bridgehead atoms. The van der Waals surface area contributed by atoms with Crippen LogP contribution in [0.5, 0.6) is 0 Å². The van der Waals surface area contributed by atoms with Gasteiger partial charge in [0.2, 0.25) is 0 Å². The van der Waals surface area contributed by atoms with Crippen molar-refractivity contribution in [1.82, 2.24) is 19.9 Å². The van der Waals surface area contributed by atoms with Gasteiger partial charge in [-0.1, -0.05) is 12.7 Å². The molecule has 27 heavy (non-hydrogen) atoms. The number of rotatable bonds is 5. The van der Waals surface area contributed by atoms with Crippen LogP contribution in [0, 0.1) is 0 Å². The lowest BCUT2D eigenvalue weighted by atomic mass is 10.1. The standard InChI is InChI=1S/C19H14N4O4/c1-2-11-6-12-8-13(27-16(12)14(7-11)19(25)26)9-21-18(24)15-10-22-23-5-3-4-20-17(15)23/h2-8,10H,1,9H2,(H,21,24)(H,25,26). The summed E-state index contributed by atoms with van der Waals surface area (Å²) in [5, 5.41) is 16.8. The second-order valence-corrected chi connectivity index (χ2v) is 5.84. The maximum Gasteiger partial charge on any atom is 0.339 e. The first-order valence-corrected chi connectivity index (χ1v) is 8.05. The molecule has 1 aromatic carbocycles. The molecule has 1 amide bonds. The van der Waals surface area contributed by atoms with Gasteiger partial charge in [-0.3, -0.25) is 4.79 Å². The van der Waals surface area contributed by atoms with Crippen molar-refractivity contribution in [2.24, 2.45) is 0 Å². The van der Waals surface area contributed by atoms with E-state index in [1.807, 2.05) is 0 Å². The lowest BCUT2D eigenvalue weighted by molar-refractivity contribution is 0.0697. The maximum atomic E-state index is 12.4. The van der Waals surface area contributed by atoms with E-state index in [0.717, 1.165) is 0 Å². The Bertz CT molecular complexity index is 1210. The van der Waals surface area contributed by atoms with Gasteiger partial charge in [-0.05, 0) is 29.8 Å². The van der Waals surface area contributed by atoms with Gasteiger partial charge >= 0.3 is 5.97 Å². The highest BCUT2D eigenvalue weighted by atomic mass is 16.4. The molecule has 0 saturated carbocycles. The van der Waals surface area contributed by atoms with Crippen LogP contribution in [0.3, 0.4) is 0 Å². The highest BCUT2D eigenvalue weighted by Crippen LogP contribution is 2.26. The Hall–Kier alpha value is -3.94. The van der Waals surface area contributed by atoms with Crippen molar-refractivity contribution >= 4 is 34.6 Å². The third-order valence-corrected chi connectivity index (χ3v) is 4.10. The van der Waals surface area contributed by atoms with Gasteiger partial charge in [0.1, 0.15) is 22.5 Å². The average molecular weight is 362 g/mol. The van der Waals surface area contributed by atoms with Crippen molar-refractivity contribution in [2.45, 2.75) is 6.54 Å². The molecule has 0 radical (unpaired) electrons. The molecule has 0 aliphatic heterocycles. The summed E-state index contributed by atoms with van der Waals surface area (Å²) in [6, 6.07) is 6.68. The number of benzene rings is 1. The number of fused-ring (bicyclic) bond motifs is 2. The SMILES string of the molecule is C=Cc1cc(C(=O)O)c2oc(CNC(=O)c3cnn4cccnc34)cc2c1. The lowest BCUT2D eigenvalue weighted by Gasteiger charge is -2.01. The normalized spacial score (nSPS) is 11.0. The minimum atomic E-state index is -1.09. The molecule has 0 unspecified atom stereocenters. The summed E-state index contributed by atoms with van der Waals surface area (Å²) >= 11 is 0. The minimum Gasteiger partial charge on any atom is -0.478 e. The van der Waals surface area contributed by atoms with Gasteiger partial charge < -0.3 is 14.8 Å². The van der Waals surface area contributed by atoms with Gasteiger partial charge in [0, 0.05) is 17.8 Å². The van der Waals surface area contributed by atoms with Gasteiger partial charge in [-0.15, -0.1) is 0 Å². The number of furan rings is 1. The van der Waals surface area contributed by atoms with Crippen LogP contribution in [-0.2, 0) is 6.54 Å². The Morgan fingerprint density at radius 3 is 2.93 bits per heavy atom. The molecule has 8 nitrogen and oxygen atoms in total. The highest BCUT2D eigenvalue weighted by Gasteiger charge is 2.17. The first-order valence-electron chi connectivity index (χ1n) is 8.05. The molecule has 4 aromatic rings. The molecule has 3 aromatic heterocycles. The van der Waals surface area contributed by atoms with Crippen molar-refractivity contribution in [3.63, 3.8) is 0 Å². The third-order valence-electron chi connectivity index (χ3n) is 4.10. The predicted octanol–water partition coefficient (Wildman–Crippen LogP) is 2.75. The fourth-order valence-corrected chi connectivity index (χ4v) is 2.84. The lowest BCUT2D eigenvalue weighted by Crippen LogP contribution is -2.22. The number of carboxylic acid groups (broad SMARTS) is 1. The largest absolute Gasteiger partial charge is 0.478 e. The van der Waals surface area contributed by atoms with Gasteiger partial charge in [0.25, 0.3) is 5.91 Å². The van der Waals surface area contributed by atoms with E-state index in [-0.39, 0.29) is 23.6 Å². The summed E-state index contributed by atoms with van der Waals surface area (Å²) in [5.41, 5.74) is 1.77. The number of hydrogen-bond acceptors (Lipinski definition) is 5. The maximum absolute atomic E-state index is 12.4. The number of hydrogen-bond donors (Lipinski definition) is 2. The number of carbonyl (C=O) groups excluding carboxylic acids is 1. The van der Waals surface area contributed by atoms with Crippen molar-refractivity contribution < 1.29 is 19.1 Å². The molecule has 0 saturated heterocycles. The fourth-order valence-electron chi connectivity index (χ4n) is 2.84. The molecule has 0 fully saturated rings. The first kappa shape index (κ1) is 16.5. The van der Waals surface area contributed by atoms with Crippen LogP contribution in [-0.4, -0.2) is 31.6 Å². The Kier molecular flexibility index (Phi) is 3.92. The molecule has 0 aliphatic rings. The van der Waals surface area contributed by atoms with E-state index in [9.17, 15) is 14.7 Å². The molecule has 2 N–H and O–H groups in total. The number of nitrogens with one attached hydrogen (secondary N) is 1. The van der Waals surface area contributed by atoms with Gasteiger partial charge in [-0.2, -0.15) is 5.10 Å². The second-order valence-electron chi connectivity index (χ2n) is 5.84. The highest BCUT2D eigenvalue weighted by molar-refractivity contribution is 6.02. The fraction of sp³-hybridized carbons (Fsp3) is 0.0526. The van der Waals surface area contributed by atoms with E-state index in [0.29, 0.717) is 27.9 Å². The van der Waals surface area contributed by atoms with E-state index in [1.54, 1.807) is 36.7 Å². The zero-order valence-electron chi connectivity index (χ0n) is 14.0. The third kappa shape index (κ3) is 2.93. The molecule has 0 atom stereocenters. The molecule has 8 heteroatoms. The topological polar surface area (TPSA) is 110 Å². The molecule has 0 spiro atoms. The van der Waals surface area contributed by atoms with Crippen molar-refractivity contribution in [2.75, 3.05) is 0 Å². The second kappa shape index (κ2) is 6.41. The van der Waals surface area contributed by atoms with E-state index in [4.69, 9.17) is 4.42 Å². The van der Waals surface area contributed by atoms with Crippen LogP contribution in [0.25, 0.3) is 22.7 Å². The summed E-state index contributed by atoms with van der Waals surface area (Å²) in [4.78, 5) is 28.0. The van der Waals surface area contributed by atoms with Crippen LogP contribution < -0.4 is 5.32 Å². The molecular weight excluding hydrogens is 348 g/mol. The Balaban J connectivity index is 1.60. The number of carbonyl (C=O) groups is 2. The molecule has 134 valence electrons. The average Bonchev–Trinajstić information content (AvgIpc) is 3.28. The van der Waals surface area contributed by atoms with Gasteiger partial charge in [0.05, 0.1) is 12.7 Å². The molecule has 3 heterocycles. The van der Waals surface area contributed by atoms with Crippen molar-refractivity contribution in [3.8, 4) is 0 Å². The summed E-state index contributed by atoms with van der Waals surface area (Å²) < 4.78 is 7.15. The number of nitrogens with zero attached hydrogens (tertiary/aromatic N) is 3. The van der Waals surface area contributed by atoms with Crippen LogP contribution >= 0.6 is 0 Å². The van der Waals surface area contributed by atoms with Gasteiger partial charge in [0.15, 0.2) is 5.65 Å². The smallest absolute Gasteiger partial charge is 0.339 e. The zero-order valence-corrected chi connectivity index (χ0v) is 14.0. The summed E-state index contributed by atoms with van der Waals surface area (Å²) in [6.07, 6.45) is 6.29. The van der Waals surface area contributed by atoms with Crippen molar-refractivity contribution in [3.05, 3.63) is 71.9 Å².